The lowest BCUT2D eigenvalue weighted by atomic mass is 10.2. The van der Waals surface area contributed by atoms with Crippen LogP contribution in [0, 0.1) is 0 Å². The van der Waals surface area contributed by atoms with Gasteiger partial charge in [0.25, 0.3) is 0 Å². The first-order chi connectivity index (χ1) is 13.9. The molecule has 0 aromatic heterocycles. The van der Waals surface area contributed by atoms with E-state index in [4.69, 9.17) is 28.8 Å². The minimum absolute atomic E-state index is 0.0101. The predicted octanol–water partition coefficient (Wildman–Crippen LogP) is 3.92. The van der Waals surface area contributed by atoms with E-state index in [1.54, 1.807) is 0 Å². The molecular weight excluding hydrogens is 372 g/mol. The van der Waals surface area contributed by atoms with Crippen molar-refractivity contribution in [2.24, 2.45) is 0 Å². The molecule has 0 aliphatic carbocycles. The molecule has 0 amide bonds. The number of hydrogen-bond donors (Lipinski definition) is 1. The second-order valence-corrected chi connectivity index (χ2v) is 7.59. The minimum Gasteiger partial charge on any atom is -0.394 e. The number of hydrogen-bond acceptors (Lipinski definition) is 6. The molecule has 6 nitrogen and oxygen atoms in total. The SMILES string of the molecule is C=CCCCC=CCOC(C)COC(C)COC(C)COC(C)COC(C)CO. The zero-order valence-corrected chi connectivity index (χ0v) is 19.2. The standard InChI is InChI=1S/C23H44O6/c1-7-8-9-10-11-12-13-25-20(3)15-27-22(5)17-29-23(6)18-28-21(4)16-26-19(2)14-24/h7,11-12,19-24H,1,8-10,13-18H2,2-6H3. The zero-order chi connectivity index (χ0) is 21.9. The van der Waals surface area contributed by atoms with Gasteiger partial charge in [0.2, 0.25) is 0 Å². The van der Waals surface area contributed by atoms with Gasteiger partial charge in [0, 0.05) is 0 Å². The third-order valence-corrected chi connectivity index (χ3v) is 4.14. The quantitative estimate of drug-likeness (QED) is 0.240. The molecule has 0 saturated carbocycles. The highest BCUT2D eigenvalue weighted by Crippen LogP contribution is 2.03. The van der Waals surface area contributed by atoms with Gasteiger partial charge in [-0.1, -0.05) is 18.2 Å². The van der Waals surface area contributed by atoms with Crippen LogP contribution in [-0.2, 0) is 23.7 Å². The van der Waals surface area contributed by atoms with Crippen molar-refractivity contribution in [3.63, 3.8) is 0 Å². The highest BCUT2D eigenvalue weighted by atomic mass is 16.6. The van der Waals surface area contributed by atoms with Crippen molar-refractivity contribution in [2.45, 2.75) is 84.4 Å². The van der Waals surface area contributed by atoms with Gasteiger partial charge in [-0.15, -0.1) is 6.58 Å². The number of unbranched alkanes of at least 4 members (excludes halogenated alkanes) is 2. The van der Waals surface area contributed by atoms with Crippen LogP contribution >= 0.6 is 0 Å². The van der Waals surface area contributed by atoms with Crippen molar-refractivity contribution >= 4 is 0 Å². The molecule has 0 aromatic rings. The number of aliphatic hydroxyl groups is 1. The van der Waals surface area contributed by atoms with E-state index in [1.165, 1.54) is 0 Å². The van der Waals surface area contributed by atoms with Crippen LogP contribution in [-0.4, -0.2) is 75.3 Å². The number of rotatable bonds is 20. The summed E-state index contributed by atoms with van der Waals surface area (Å²) in [5.74, 6) is 0. The maximum absolute atomic E-state index is 8.94. The number of aliphatic hydroxyl groups excluding tert-OH is 1. The van der Waals surface area contributed by atoms with Crippen molar-refractivity contribution < 1.29 is 28.8 Å². The van der Waals surface area contributed by atoms with E-state index in [-0.39, 0.29) is 37.1 Å². The molecule has 5 unspecified atom stereocenters. The summed E-state index contributed by atoms with van der Waals surface area (Å²) in [6, 6.07) is 0. The fourth-order valence-corrected chi connectivity index (χ4v) is 2.23. The largest absolute Gasteiger partial charge is 0.394 e. The van der Waals surface area contributed by atoms with Gasteiger partial charge >= 0.3 is 0 Å². The van der Waals surface area contributed by atoms with Crippen molar-refractivity contribution in [1.29, 1.82) is 0 Å². The first-order valence-electron chi connectivity index (χ1n) is 10.8. The van der Waals surface area contributed by atoms with E-state index in [2.05, 4.69) is 18.7 Å². The summed E-state index contributed by atoms with van der Waals surface area (Å²) in [4.78, 5) is 0. The zero-order valence-electron chi connectivity index (χ0n) is 19.2. The van der Waals surface area contributed by atoms with Crippen molar-refractivity contribution in [1.82, 2.24) is 0 Å². The van der Waals surface area contributed by atoms with Gasteiger partial charge in [-0.2, -0.15) is 0 Å². The Kier molecular flexibility index (Phi) is 18.7. The minimum atomic E-state index is -0.169. The summed E-state index contributed by atoms with van der Waals surface area (Å²) in [5, 5.41) is 8.94. The molecule has 29 heavy (non-hydrogen) atoms. The van der Waals surface area contributed by atoms with Gasteiger partial charge in [0.15, 0.2) is 0 Å². The Morgan fingerprint density at radius 2 is 1.10 bits per heavy atom. The van der Waals surface area contributed by atoms with Crippen molar-refractivity contribution in [2.75, 3.05) is 39.6 Å². The van der Waals surface area contributed by atoms with Crippen LogP contribution in [0.4, 0.5) is 0 Å². The Hall–Kier alpha value is -0.760. The van der Waals surface area contributed by atoms with Gasteiger partial charge in [-0.25, -0.2) is 0 Å². The maximum atomic E-state index is 8.94. The molecule has 0 aliphatic heterocycles. The molecule has 172 valence electrons. The Balaban J connectivity index is 3.70. The molecule has 0 aliphatic rings. The molecule has 0 saturated heterocycles. The van der Waals surface area contributed by atoms with E-state index >= 15 is 0 Å². The third-order valence-electron chi connectivity index (χ3n) is 4.14. The van der Waals surface area contributed by atoms with Crippen molar-refractivity contribution in [3.8, 4) is 0 Å². The van der Waals surface area contributed by atoms with Gasteiger partial charge in [0.1, 0.15) is 0 Å². The Bertz CT molecular complexity index is 401. The number of allylic oxidation sites excluding steroid dienone is 2. The average molecular weight is 417 g/mol. The molecule has 5 atom stereocenters. The maximum Gasteiger partial charge on any atom is 0.0784 e. The lowest BCUT2D eigenvalue weighted by molar-refractivity contribution is -0.0964. The highest BCUT2D eigenvalue weighted by molar-refractivity contribution is 4.82. The van der Waals surface area contributed by atoms with Gasteiger partial charge < -0.3 is 28.8 Å². The average Bonchev–Trinajstić information content (AvgIpc) is 2.72. The predicted molar refractivity (Wildman–Crippen MR) is 117 cm³/mol. The fourth-order valence-electron chi connectivity index (χ4n) is 2.23. The van der Waals surface area contributed by atoms with Crippen LogP contribution in [0.15, 0.2) is 24.8 Å². The van der Waals surface area contributed by atoms with E-state index in [9.17, 15) is 0 Å². The summed E-state index contributed by atoms with van der Waals surface area (Å²) in [7, 11) is 0. The molecule has 0 heterocycles. The fraction of sp³-hybridized carbons (Fsp3) is 0.826. The lowest BCUT2D eigenvalue weighted by Crippen LogP contribution is -2.29. The van der Waals surface area contributed by atoms with E-state index in [0.717, 1.165) is 19.3 Å². The first-order valence-corrected chi connectivity index (χ1v) is 10.8. The van der Waals surface area contributed by atoms with E-state index < -0.39 is 0 Å². The molecule has 0 rings (SSSR count). The molecule has 0 spiro atoms. The first kappa shape index (κ1) is 28.2. The van der Waals surface area contributed by atoms with Crippen LogP contribution in [0.1, 0.15) is 53.9 Å². The highest BCUT2D eigenvalue weighted by Gasteiger charge is 2.12. The topological polar surface area (TPSA) is 66.4 Å². The molecule has 0 fully saturated rings. The normalized spacial score (nSPS) is 17.2. The van der Waals surface area contributed by atoms with Crippen LogP contribution < -0.4 is 0 Å². The smallest absolute Gasteiger partial charge is 0.0784 e. The van der Waals surface area contributed by atoms with E-state index in [0.29, 0.717) is 33.0 Å². The Labute approximate surface area is 178 Å². The van der Waals surface area contributed by atoms with E-state index in [1.807, 2.05) is 40.7 Å². The third kappa shape index (κ3) is 19.0. The second kappa shape index (κ2) is 19.2. The Morgan fingerprint density at radius 1 is 0.655 bits per heavy atom. The summed E-state index contributed by atoms with van der Waals surface area (Å²) >= 11 is 0. The van der Waals surface area contributed by atoms with Crippen molar-refractivity contribution in [3.05, 3.63) is 24.8 Å². The van der Waals surface area contributed by atoms with Crippen LogP contribution in [0.2, 0.25) is 0 Å². The second-order valence-electron chi connectivity index (χ2n) is 7.59. The summed E-state index contributed by atoms with van der Waals surface area (Å²) in [6.07, 6.45) is 9.19. The van der Waals surface area contributed by atoms with Gasteiger partial charge in [-0.3, -0.25) is 0 Å². The van der Waals surface area contributed by atoms with Crippen LogP contribution in [0.25, 0.3) is 0 Å². The summed E-state index contributed by atoms with van der Waals surface area (Å²) in [6.45, 7) is 16.1. The molecular formula is C23H44O6. The summed E-state index contributed by atoms with van der Waals surface area (Å²) in [5.41, 5.74) is 0. The van der Waals surface area contributed by atoms with Crippen LogP contribution in [0.5, 0.6) is 0 Å². The molecule has 1 N–H and O–H groups in total. The molecule has 0 radical (unpaired) electrons. The summed E-state index contributed by atoms with van der Waals surface area (Å²) < 4.78 is 28.5. The number of ether oxygens (including phenoxy) is 5. The monoisotopic (exact) mass is 416 g/mol. The lowest BCUT2D eigenvalue weighted by Gasteiger charge is -2.21. The molecule has 0 aromatic carbocycles. The van der Waals surface area contributed by atoms with Crippen LogP contribution in [0.3, 0.4) is 0 Å². The molecule has 0 bridgehead atoms. The molecule has 6 heteroatoms. The Morgan fingerprint density at radius 3 is 1.55 bits per heavy atom. The van der Waals surface area contributed by atoms with Gasteiger partial charge in [-0.05, 0) is 53.9 Å². The van der Waals surface area contributed by atoms with Gasteiger partial charge in [0.05, 0.1) is 70.2 Å².